The van der Waals surface area contributed by atoms with Crippen LogP contribution in [0.15, 0.2) is 24.5 Å². The largest absolute Gasteiger partial charge is 0.311 e. The van der Waals surface area contributed by atoms with Crippen LogP contribution in [0.4, 0.5) is 16.0 Å². The van der Waals surface area contributed by atoms with Crippen molar-refractivity contribution in [3.8, 4) is 0 Å². The summed E-state index contributed by atoms with van der Waals surface area (Å²) in [6, 6.07) is 4.41. The minimum absolute atomic E-state index is 0.0473. The Morgan fingerprint density at radius 3 is 2.67 bits per heavy atom. The summed E-state index contributed by atoms with van der Waals surface area (Å²) in [7, 11) is 0. The van der Waals surface area contributed by atoms with Crippen LogP contribution in [0.2, 0.25) is 10.3 Å². The molecule has 4 nitrogen and oxygen atoms in total. The molecule has 0 saturated heterocycles. The zero-order chi connectivity index (χ0) is 13.1. The summed E-state index contributed by atoms with van der Waals surface area (Å²) >= 11 is 11.5. The van der Waals surface area contributed by atoms with Gasteiger partial charge in [0.05, 0.1) is 5.02 Å². The summed E-state index contributed by atoms with van der Waals surface area (Å²) in [5.41, 5.74) is 0.686. The molecule has 94 valence electrons. The SMILES string of the molecule is CCN(c1ccc(F)c(Cl)c1)c1ncnc(Cl)n1. The molecule has 0 aliphatic heterocycles. The lowest BCUT2D eigenvalue weighted by molar-refractivity contribution is 0.628. The number of nitrogens with zero attached hydrogens (tertiary/aromatic N) is 4. The maximum absolute atomic E-state index is 13.1. The molecule has 0 N–H and O–H groups in total. The molecule has 2 aromatic rings. The highest BCUT2D eigenvalue weighted by atomic mass is 35.5. The van der Waals surface area contributed by atoms with Gasteiger partial charge in [0.15, 0.2) is 0 Å². The van der Waals surface area contributed by atoms with Gasteiger partial charge in [0, 0.05) is 12.2 Å². The Kier molecular flexibility index (Phi) is 3.93. The van der Waals surface area contributed by atoms with E-state index in [-0.39, 0.29) is 10.3 Å². The number of benzene rings is 1. The maximum atomic E-state index is 13.1. The molecule has 0 spiro atoms. The van der Waals surface area contributed by atoms with E-state index in [0.717, 1.165) is 0 Å². The molecule has 0 fully saturated rings. The van der Waals surface area contributed by atoms with Gasteiger partial charge in [0.1, 0.15) is 12.1 Å². The van der Waals surface area contributed by atoms with Crippen LogP contribution in [-0.4, -0.2) is 21.5 Å². The first-order valence-corrected chi connectivity index (χ1v) is 5.94. The van der Waals surface area contributed by atoms with Crippen molar-refractivity contribution in [2.75, 3.05) is 11.4 Å². The van der Waals surface area contributed by atoms with E-state index in [2.05, 4.69) is 15.0 Å². The van der Waals surface area contributed by atoms with Gasteiger partial charge in [-0.25, -0.2) is 14.4 Å². The fourth-order valence-corrected chi connectivity index (χ4v) is 1.78. The van der Waals surface area contributed by atoms with E-state index >= 15 is 0 Å². The molecule has 1 heterocycles. The van der Waals surface area contributed by atoms with Crippen molar-refractivity contribution in [2.24, 2.45) is 0 Å². The van der Waals surface area contributed by atoms with Gasteiger partial charge in [-0.05, 0) is 36.7 Å². The molecule has 1 aromatic heterocycles. The molecule has 0 aliphatic rings. The first-order valence-electron chi connectivity index (χ1n) is 5.19. The van der Waals surface area contributed by atoms with Gasteiger partial charge in [0.25, 0.3) is 0 Å². The predicted octanol–water partition coefficient (Wildman–Crippen LogP) is 3.48. The normalized spacial score (nSPS) is 10.4. The molecule has 2 rings (SSSR count). The van der Waals surface area contributed by atoms with Crippen molar-refractivity contribution < 1.29 is 4.39 Å². The molecule has 0 unspecified atom stereocenters. The second-order valence-electron chi connectivity index (χ2n) is 3.40. The molecule has 0 atom stereocenters. The average Bonchev–Trinajstić information content (AvgIpc) is 2.35. The van der Waals surface area contributed by atoms with Crippen molar-refractivity contribution in [1.82, 2.24) is 15.0 Å². The van der Waals surface area contributed by atoms with Crippen LogP contribution >= 0.6 is 23.2 Å². The highest BCUT2D eigenvalue weighted by molar-refractivity contribution is 6.31. The Morgan fingerprint density at radius 1 is 1.28 bits per heavy atom. The first-order chi connectivity index (χ1) is 8.61. The Labute approximate surface area is 113 Å². The highest BCUT2D eigenvalue weighted by Gasteiger charge is 2.12. The highest BCUT2D eigenvalue weighted by Crippen LogP contribution is 2.26. The third-order valence-electron chi connectivity index (χ3n) is 2.30. The molecule has 1 aromatic carbocycles. The number of halogens is 3. The first kappa shape index (κ1) is 13.0. The van der Waals surface area contributed by atoms with Crippen molar-refractivity contribution in [3.63, 3.8) is 0 Å². The van der Waals surface area contributed by atoms with Crippen LogP contribution in [0, 0.1) is 5.82 Å². The summed E-state index contributed by atoms with van der Waals surface area (Å²) in [5, 5.41) is 0.151. The van der Waals surface area contributed by atoms with Crippen LogP contribution in [0.25, 0.3) is 0 Å². The van der Waals surface area contributed by atoms with Crippen LogP contribution in [0.5, 0.6) is 0 Å². The molecule has 0 bridgehead atoms. The van der Waals surface area contributed by atoms with Crippen molar-refractivity contribution in [1.29, 1.82) is 0 Å². The van der Waals surface area contributed by atoms with Crippen molar-refractivity contribution in [3.05, 3.63) is 40.6 Å². The van der Waals surface area contributed by atoms with Crippen LogP contribution in [-0.2, 0) is 0 Å². The van der Waals surface area contributed by atoms with Crippen molar-refractivity contribution in [2.45, 2.75) is 6.92 Å². The van der Waals surface area contributed by atoms with E-state index in [1.54, 1.807) is 11.0 Å². The quantitative estimate of drug-likeness (QED) is 0.866. The fourth-order valence-electron chi connectivity index (χ4n) is 1.49. The second kappa shape index (κ2) is 5.46. The van der Waals surface area contributed by atoms with Gasteiger partial charge in [-0.3, -0.25) is 0 Å². The summed E-state index contributed by atoms with van der Waals surface area (Å²) < 4.78 is 13.1. The van der Waals surface area contributed by atoms with E-state index in [0.29, 0.717) is 18.2 Å². The zero-order valence-electron chi connectivity index (χ0n) is 9.44. The molecule has 0 saturated carbocycles. The van der Waals surface area contributed by atoms with Gasteiger partial charge in [-0.15, -0.1) is 0 Å². The Hall–Kier alpha value is -1.46. The smallest absolute Gasteiger partial charge is 0.234 e. The third kappa shape index (κ3) is 2.68. The van der Waals surface area contributed by atoms with E-state index < -0.39 is 5.82 Å². The second-order valence-corrected chi connectivity index (χ2v) is 4.14. The minimum atomic E-state index is -0.467. The average molecular weight is 287 g/mol. The summed E-state index contributed by atoms with van der Waals surface area (Å²) in [4.78, 5) is 13.5. The number of aromatic nitrogens is 3. The minimum Gasteiger partial charge on any atom is -0.311 e. The monoisotopic (exact) mass is 286 g/mol. The Balaban J connectivity index is 2.42. The lowest BCUT2D eigenvalue weighted by Crippen LogP contribution is -2.19. The van der Waals surface area contributed by atoms with Gasteiger partial charge < -0.3 is 4.90 Å². The number of rotatable bonds is 3. The van der Waals surface area contributed by atoms with Gasteiger partial charge in [-0.1, -0.05) is 11.6 Å². The summed E-state index contributed by atoms with van der Waals surface area (Å²) in [6.07, 6.45) is 1.32. The van der Waals surface area contributed by atoms with E-state index in [4.69, 9.17) is 23.2 Å². The fraction of sp³-hybridized carbons (Fsp3) is 0.182. The van der Waals surface area contributed by atoms with Crippen LogP contribution in [0.1, 0.15) is 6.92 Å². The predicted molar refractivity (Wildman–Crippen MR) is 68.9 cm³/mol. The molecule has 0 amide bonds. The van der Waals surface area contributed by atoms with Crippen molar-refractivity contribution >= 4 is 34.8 Å². The molecular formula is C11H9Cl2FN4. The topological polar surface area (TPSA) is 41.9 Å². The number of hydrogen-bond acceptors (Lipinski definition) is 4. The molecule has 18 heavy (non-hydrogen) atoms. The van der Waals surface area contributed by atoms with Gasteiger partial charge >= 0.3 is 0 Å². The van der Waals surface area contributed by atoms with Crippen LogP contribution < -0.4 is 4.90 Å². The van der Waals surface area contributed by atoms with E-state index in [1.807, 2.05) is 6.92 Å². The Bertz CT molecular complexity index is 564. The van der Waals surface area contributed by atoms with Gasteiger partial charge in [-0.2, -0.15) is 4.98 Å². The molecule has 0 radical (unpaired) electrons. The standard InChI is InChI=1S/C11H9Cl2FN4/c1-2-18(11-16-6-15-10(13)17-11)7-3-4-9(14)8(12)5-7/h3-6H,2H2,1H3. The van der Waals surface area contributed by atoms with Crippen LogP contribution in [0.3, 0.4) is 0 Å². The zero-order valence-corrected chi connectivity index (χ0v) is 11.0. The molecule has 0 aliphatic carbocycles. The molecular weight excluding hydrogens is 278 g/mol. The third-order valence-corrected chi connectivity index (χ3v) is 2.77. The van der Waals surface area contributed by atoms with E-state index in [1.165, 1.54) is 18.5 Å². The Morgan fingerprint density at radius 2 is 2.06 bits per heavy atom. The number of hydrogen-bond donors (Lipinski definition) is 0. The van der Waals surface area contributed by atoms with E-state index in [9.17, 15) is 4.39 Å². The summed E-state index contributed by atoms with van der Waals surface area (Å²) in [5.74, 6) is -0.0784. The number of anilines is 2. The summed E-state index contributed by atoms with van der Waals surface area (Å²) in [6.45, 7) is 2.50. The lowest BCUT2D eigenvalue weighted by Gasteiger charge is -2.20. The van der Waals surface area contributed by atoms with Gasteiger partial charge in [0.2, 0.25) is 11.2 Å². The molecule has 7 heteroatoms. The maximum Gasteiger partial charge on any atom is 0.234 e. The lowest BCUT2D eigenvalue weighted by atomic mass is 10.3.